The maximum Gasteiger partial charge on any atom is 0.416 e. The highest BCUT2D eigenvalue weighted by atomic mass is 19.4. The summed E-state index contributed by atoms with van der Waals surface area (Å²) in [5.74, 6) is 0.416. The average molecular weight is 435 g/mol. The van der Waals surface area contributed by atoms with Gasteiger partial charge in [0.15, 0.2) is 11.9 Å². The monoisotopic (exact) mass is 435 g/mol. The van der Waals surface area contributed by atoms with Crippen LogP contribution in [0.5, 0.6) is 0 Å². The first-order valence-corrected chi connectivity index (χ1v) is 9.74. The van der Waals surface area contributed by atoms with Gasteiger partial charge in [0.25, 0.3) is 5.89 Å². The van der Waals surface area contributed by atoms with Gasteiger partial charge in [-0.3, -0.25) is 9.48 Å². The number of rotatable bonds is 6. The number of morpholine rings is 1. The van der Waals surface area contributed by atoms with Crippen molar-refractivity contribution < 1.29 is 27.2 Å². The molecule has 1 aliphatic heterocycles. The van der Waals surface area contributed by atoms with Crippen LogP contribution in [0.3, 0.4) is 0 Å². The molecule has 0 unspecified atom stereocenters. The quantitative estimate of drug-likeness (QED) is 0.592. The smallest absolute Gasteiger partial charge is 0.365 e. The van der Waals surface area contributed by atoms with Gasteiger partial charge in [0.2, 0.25) is 5.91 Å². The number of ether oxygens (including phenoxy) is 1. The number of nitrogens with zero attached hydrogens (tertiary/aromatic N) is 5. The lowest BCUT2D eigenvalue weighted by Gasteiger charge is -2.31. The molecule has 0 saturated carbocycles. The van der Waals surface area contributed by atoms with Gasteiger partial charge in [-0.2, -0.15) is 23.3 Å². The van der Waals surface area contributed by atoms with E-state index < -0.39 is 17.8 Å². The van der Waals surface area contributed by atoms with Crippen molar-refractivity contribution in [2.24, 2.45) is 0 Å². The fourth-order valence-corrected chi connectivity index (χ4v) is 3.34. The van der Waals surface area contributed by atoms with E-state index >= 15 is 0 Å². The van der Waals surface area contributed by atoms with Gasteiger partial charge in [-0.05, 0) is 17.7 Å². The number of aromatic nitrogens is 4. The van der Waals surface area contributed by atoms with E-state index in [2.05, 4.69) is 15.2 Å². The van der Waals surface area contributed by atoms with Crippen LogP contribution in [0.25, 0.3) is 0 Å². The predicted molar refractivity (Wildman–Crippen MR) is 101 cm³/mol. The molecule has 0 aliphatic carbocycles. The van der Waals surface area contributed by atoms with Gasteiger partial charge in [-0.15, -0.1) is 0 Å². The van der Waals surface area contributed by atoms with Crippen LogP contribution in [0.1, 0.15) is 35.4 Å². The summed E-state index contributed by atoms with van der Waals surface area (Å²) in [4.78, 5) is 18.4. The number of carbonyl (C=O) groups excluding carboxylic acids is 1. The second kappa shape index (κ2) is 8.88. The molecule has 8 nitrogen and oxygen atoms in total. The largest absolute Gasteiger partial charge is 0.416 e. The third-order valence-corrected chi connectivity index (χ3v) is 4.91. The van der Waals surface area contributed by atoms with E-state index in [-0.39, 0.29) is 30.6 Å². The standard InChI is InChI=1S/C20H20F3N5O3/c21-20(22,23)15-4-1-3-14(11-15)12-17-25-19(31-26-17)16-13-27(9-10-30-16)18(29)5-8-28-7-2-6-24-28/h1-4,6-7,11,16H,5,8-10,12-13H2/t16-/m0/s1. The zero-order valence-corrected chi connectivity index (χ0v) is 16.5. The second-order valence-corrected chi connectivity index (χ2v) is 7.14. The summed E-state index contributed by atoms with van der Waals surface area (Å²) in [6.45, 7) is 1.53. The third kappa shape index (κ3) is 5.29. The first-order chi connectivity index (χ1) is 14.9. The van der Waals surface area contributed by atoms with E-state index in [1.54, 1.807) is 34.1 Å². The maximum absolute atomic E-state index is 12.9. The first kappa shape index (κ1) is 21.0. The van der Waals surface area contributed by atoms with Gasteiger partial charge in [0.1, 0.15) is 0 Å². The SMILES string of the molecule is O=C(CCn1cccn1)N1CCO[C@H](c2nc(Cc3cccc(C(F)(F)F)c3)no2)C1. The molecule has 0 N–H and O–H groups in total. The van der Waals surface area contributed by atoms with Crippen molar-refractivity contribution in [1.82, 2.24) is 24.8 Å². The number of hydrogen-bond acceptors (Lipinski definition) is 6. The van der Waals surface area contributed by atoms with Crippen LogP contribution in [0.15, 0.2) is 47.2 Å². The molecule has 2 aromatic heterocycles. The van der Waals surface area contributed by atoms with Crippen LogP contribution in [0, 0.1) is 0 Å². The molecular weight excluding hydrogens is 415 g/mol. The molecule has 3 heterocycles. The summed E-state index contributed by atoms with van der Waals surface area (Å²) >= 11 is 0. The van der Waals surface area contributed by atoms with Crippen LogP contribution in [-0.2, 0) is 28.7 Å². The van der Waals surface area contributed by atoms with E-state index in [4.69, 9.17) is 9.26 Å². The molecular formula is C20H20F3N5O3. The van der Waals surface area contributed by atoms with E-state index in [1.807, 2.05) is 0 Å². The Labute approximate surface area is 175 Å². The Kier molecular flexibility index (Phi) is 6.03. The fourth-order valence-electron chi connectivity index (χ4n) is 3.34. The van der Waals surface area contributed by atoms with E-state index in [1.165, 1.54) is 6.07 Å². The molecule has 11 heteroatoms. The molecule has 4 rings (SSSR count). The molecule has 1 amide bonds. The minimum Gasteiger partial charge on any atom is -0.365 e. The lowest BCUT2D eigenvalue weighted by atomic mass is 10.1. The van der Waals surface area contributed by atoms with Crippen molar-refractivity contribution in [3.05, 3.63) is 65.6 Å². The van der Waals surface area contributed by atoms with Crippen molar-refractivity contribution in [3.8, 4) is 0 Å². The predicted octanol–water partition coefficient (Wildman–Crippen LogP) is 2.87. The van der Waals surface area contributed by atoms with Crippen molar-refractivity contribution in [2.75, 3.05) is 19.7 Å². The zero-order chi connectivity index (χ0) is 21.8. The van der Waals surface area contributed by atoms with Crippen LogP contribution in [-0.4, -0.2) is 50.4 Å². The lowest BCUT2D eigenvalue weighted by Crippen LogP contribution is -2.42. The number of amides is 1. The minimum atomic E-state index is -4.41. The Bertz CT molecular complexity index is 1020. The number of halogens is 3. The molecule has 1 aromatic carbocycles. The van der Waals surface area contributed by atoms with Crippen LogP contribution in [0.2, 0.25) is 0 Å². The Morgan fingerprint density at radius 1 is 1.26 bits per heavy atom. The number of benzene rings is 1. The summed E-state index contributed by atoms with van der Waals surface area (Å²) in [6.07, 6.45) is -1.15. The van der Waals surface area contributed by atoms with E-state index in [0.717, 1.165) is 12.1 Å². The van der Waals surface area contributed by atoms with E-state index in [9.17, 15) is 18.0 Å². The van der Waals surface area contributed by atoms with Gasteiger partial charge in [0, 0.05) is 38.3 Å². The second-order valence-electron chi connectivity index (χ2n) is 7.14. The topological polar surface area (TPSA) is 86.3 Å². The normalized spacial score (nSPS) is 17.1. The van der Waals surface area contributed by atoms with Gasteiger partial charge in [-0.1, -0.05) is 23.4 Å². The fraction of sp³-hybridized carbons (Fsp3) is 0.400. The zero-order valence-electron chi connectivity index (χ0n) is 16.5. The summed E-state index contributed by atoms with van der Waals surface area (Å²) < 4.78 is 51.3. The lowest BCUT2D eigenvalue weighted by molar-refractivity contribution is -0.140. The maximum atomic E-state index is 12.9. The summed E-state index contributed by atoms with van der Waals surface area (Å²) in [7, 11) is 0. The Morgan fingerprint density at radius 3 is 2.90 bits per heavy atom. The van der Waals surface area contributed by atoms with Crippen molar-refractivity contribution >= 4 is 5.91 Å². The number of hydrogen-bond donors (Lipinski definition) is 0. The third-order valence-electron chi connectivity index (χ3n) is 4.91. The van der Waals surface area contributed by atoms with Gasteiger partial charge in [0.05, 0.1) is 18.7 Å². The van der Waals surface area contributed by atoms with Crippen molar-refractivity contribution in [2.45, 2.75) is 31.7 Å². The molecule has 1 atom stereocenters. The minimum absolute atomic E-state index is 0.0347. The first-order valence-electron chi connectivity index (χ1n) is 9.74. The Hall–Kier alpha value is -3.21. The molecule has 1 aliphatic rings. The molecule has 0 radical (unpaired) electrons. The molecule has 1 fully saturated rings. The molecule has 3 aromatic rings. The number of aryl methyl sites for hydroxylation is 1. The van der Waals surface area contributed by atoms with Crippen LogP contribution in [0.4, 0.5) is 13.2 Å². The molecule has 0 spiro atoms. The number of alkyl halides is 3. The van der Waals surface area contributed by atoms with Crippen molar-refractivity contribution in [1.29, 1.82) is 0 Å². The van der Waals surface area contributed by atoms with Gasteiger partial charge in [-0.25, -0.2) is 0 Å². The average Bonchev–Trinajstić information content (AvgIpc) is 3.44. The van der Waals surface area contributed by atoms with E-state index in [0.29, 0.717) is 31.7 Å². The van der Waals surface area contributed by atoms with Gasteiger partial charge < -0.3 is 14.2 Å². The highest BCUT2D eigenvalue weighted by molar-refractivity contribution is 5.76. The Morgan fingerprint density at radius 2 is 2.13 bits per heavy atom. The van der Waals surface area contributed by atoms with Crippen LogP contribution >= 0.6 is 0 Å². The highest BCUT2D eigenvalue weighted by Crippen LogP contribution is 2.30. The summed E-state index contributed by atoms with van der Waals surface area (Å²) in [5, 5.41) is 7.93. The van der Waals surface area contributed by atoms with Gasteiger partial charge >= 0.3 is 6.18 Å². The highest BCUT2D eigenvalue weighted by Gasteiger charge is 2.31. The summed E-state index contributed by atoms with van der Waals surface area (Å²) in [5.41, 5.74) is -0.309. The molecule has 31 heavy (non-hydrogen) atoms. The van der Waals surface area contributed by atoms with Crippen molar-refractivity contribution in [3.63, 3.8) is 0 Å². The molecule has 0 bridgehead atoms. The molecule has 164 valence electrons. The molecule has 1 saturated heterocycles. The number of carbonyl (C=O) groups is 1. The Balaban J connectivity index is 1.36. The summed E-state index contributed by atoms with van der Waals surface area (Å²) in [6, 6.07) is 6.78. The van der Waals surface area contributed by atoms with Crippen LogP contribution < -0.4 is 0 Å².